The first-order chi connectivity index (χ1) is 45.1. The molecule has 0 aromatic rings. The highest BCUT2D eigenvalue weighted by molar-refractivity contribution is 5.76. The maximum atomic E-state index is 13.4. The zero-order chi connectivity index (χ0) is 66.6. The lowest BCUT2D eigenvalue weighted by molar-refractivity contribution is -0.359. The van der Waals surface area contributed by atoms with Crippen molar-refractivity contribution in [2.75, 3.05) is 19.8 Å². The molecule has 2 saturated heterocycles. The first-order valence-corrected chi connectivity index (χ1v) is 39.2. The molecule has 9 N–H and O–H groups in total. The Morgan fingerprint density at radius 3 is 1.07 bits per heavy atom. The summed E-state index contributed by atoms with van der Waals surface area (Å²) in [5.41, 5.74) is 0. The van der Waals surface area contributed by atoms with E-state index < -0.39 is 86.8 Å². The van der Waals surface area contributed by atoms with Crippen molar-refractivity contribution in [2.24, 2.45) is 0 Å². The standard InChI is InChI=1S/C78H147NO13/c1-3-5-7-9-11-13-15-17-19-21-23-25-27-29-31-32-33-34-36-37-39-41-43-45-47-49-51-53-55-57-59-61-67(82)66(65-89-77-75(88)73(86)76(69(64-81)91-77)92-78-74(87)72(85)71(84)68(63-80)90-78)79-70(83)62-60-58-56-54-52-50-48-46-44-42-40-38-35-30-28-26-24-22-20-18-16-14-12-10-8-6-4-2/h22,24,51,53,59,61,66-69,71-78,80-82,84-88H,3-21,23,25-50,52,54-58,60,62-65H2,1-2H3,(H,79,83)/b24-22-,53-51+,61-59+. The number of ether oxygens (including phenoxy) is 4. The van der Waals surface area contributed by atoms with E-state index in [2.05, 4.69) is 43.5 Å². The Morgan fingerprint density at radius 1 is 0.380 bits per heavy atom. The summed E-state index contributed by atoms with van der Waals surface area (Å²) in [6.45, 7) is 2.84. The molecule has 1 amide bonds. The lowest BCUT2D eigenvalue weighted by Gasteiger charge is -2.46. The van der Waals surface area contributed by atoms with Gasteiger partial charge in [0.25, 0.3) is 0 Å². The topological polar surface area (TPSA) is 228 Å². The number of aliphatic hydroxyl groups excluding tert-OH is 8. The Hall–Kier alpha value is -1.79. The monoisotopic (exact) mass is 1310 g/mol. The molecule has 0 aromatic carbocycles. The van der Waals surface area contributed by atoms with Gasteiger partial charge in [-0.2, -0.15) is 0 Å². The summed E-state index contributed by atoms with van der Waals surface area (Å²) in [4.78, 5) is 13.4. The SMILES string of the molecule is CCCCCCCCCC/C=C\CCCCCCCCCCCCCCCCCC(=O)NC(COC1OC(CO)C(OC2OC(CO)C(O)C(O)C2O)C(O)C1O)C(O)/C=C/CC/C=C/CCCCCCCCCCCCCCCCCCCCCCCCCCC. The Bertz CT molecular complexity index is 1680. The Kier molecular flexibility index (Phi) is 58.8. The number of nitrogens with one attached hydrogen (secondary N) is 1. The molecule has 2 aliphatic heterocycles. The van der Waals surface area contributed by atoms with Crippen molar-refractivity contribution in [3.63, 3.8) is 0 Å². The van der Waals surface area contributed by atoms with Crippen molar-refractivity contribution in [3.05, 3.63) is 36.5 Å². The Morgan fingerprint density at radius 2 is 0.696 bits per heavy atom. The van der Waals surface area contributed by atoms with Gasteiger partial charge in [-0.1, -0.05) is 333 Å². The summed E-state index contributed by atoms with van der Waals surface area (Å²) in [7, 11) is 0. The van der Waals surface area contributed by atoms with Crippen LogP contribution in [0.1, 0.15) is 361 Å². The van der Waals surface area contributed by atoms with Gasteiger partial charge in [0.1, 0.15) is 48.8 Å². The zero-order valence-electron chi connectivity index (χ0n) is 59.3. The van der Waals surface area contributed by atoms with Crippen LogP contribution in [0.15, 0.2) is 36.5 Å². The largest absolute Gasteiger partial charge is 0.394 e. The summed E-state index contributed by atoms with van der Waals surface area (Å²) in [5, 5.41) is 87.6. The number of carbonyl (C=O) groups is 1. The van der Waals surface area contributed by atoms with E-state index in [0.29, 0.717) is 12.8 Å². The average Bonchev–Trinajstić information content (AvgIpc) is 0.882. The summed E-state index contributed by atoms with van der Waals surface area (Å²) >= 11 is 0. The van der Waals surface area contributed by atoms with E-state index >= 15 is 0 Å². The third-order valence-electron chi connectivity index (χ3n) is 19.3. The molecule has 12 unspecified atom stereocenters. The van der Waals surface area contributed by atoms with Crippen LogP contribution < -0.4 is 5.32 Å². The third kappa shape index (κ3) is 45.7. The van der Waals surface area contributed by atoms with Gasteiger partial charge in [0.15, 0.2) is 12.6 Å². The molecule has 0 saturated carbocycles. The van der Waals surface area contributed by atoms with Crippen molar-refractivity contribution in [1.29, 1.82) is 0 Å². The highest BCUT2D eigenvalue weighted by Crippen LogP contribution is 2.30. The van der Waals surface area contributed by atoms with E-state index in [1.54, 1.807) is 6.08 Å². The molecule has 0 aliphatic carbocycles. The molecule has 2 fully saturated rings. The van der Waals surface area contributed by atoms with Gasteiger partial charge in [-0.05, 0) is 57.8 Å². The van der Waals surface area contributed by atoms with Gasteiger partial charge in [0.2, 0.25) is 5.91 Å². The van der Waals surface area contributed by atoms with E-state index in [0.717, 1.165) is 32.1 Å². The van der Waals surface area contributed by atoms with Crippen LogP contribution in [0.5, 0.6) is 0 Å². The van der Waals surface area contributed by atoms with E-state index in [1.165, 1.54) is 295 Å². The van der Waals surface area contributed by atoms with Gasteiger partial charge in [-0.25, -0.2) is 0 Å². The van der Waals surface area contributed by atoms with E-state index in [4.69, 9.17) is 18.9 Å². The molecule has 0 radical (unpaired) electrons. The Labute approximate surface area is 563 Å². The van der Waals surface area contributed by atoms with E-state index in [-0.39, 0.29) is 18.9 Å². The van der Waals surface area contributed by atoms with Gasteiger partial charge in [-0.15, -0.1) is 0 Å². The molecule has 2 aliphatic rings. The van der Waals surface area contributed by atoms with Crippen LogP contribution in [0.4, 0.5) is 0 Å². The fourth-order valence-corrected chi connectivity index (χ4v) is 13.1. The fraction of sp³-hybridized carbons (Fsp3) is 0.910. The van der Waals surface area contributed by atoms with Gasteiger partial charge in [0.05, 0.1) is 32.0 Å². The molecule has 92 heavy (non-hydrogen) atoms. The third-order valence-corrected chi connectivity index (χ3v) is 19.3. The summed E-state index contributed by atoms with van der Waals surface area (Å²) in [6.07, 6.45) is 65.1. The van der Waals surface area contributed by atoms with Crippen LogP contribution in [-0.4, -0.2) is 140 Å². The fourth-order valence-electron chi connectivity index (χ4n) is 13.1. The first kappa shape index (κ1) is 86.3. The number of unbranched alkanes of at least 4 members (excludes halogenated alkanes) is 49. The lowest BCUT2D eigenvalue weighted by atomic mass is 9.97. The average molecular weight is 1310 g/mol. The highest BCUT2D eigenvalue weighted by atomic mass is 16.7. The molecule has 12 atom stereocenters. The molecule has 0 bridgehead atoms. The number of hydrogen-bond donors (Lipinski definition) is 9. The second-order valence-corrected chi connectivity index (χ2v) is 27.8. The normalized spacial score (nSPS) is 22.8. The Balaban J connectivity index is 1.64. The van der Waals surface area contributed by atoms with Crippen molar-refractivity contribution >= 4 is 5.91 Å². The summed E-state index contributed by atoms with van der Waals surface area (Å²) in [6, 6.07) is -0.932. The quantitative estimate of drug-likeness (QED) is 0.0204. The molecule has 0 aromatic heterocycles. The van der Waals surface area contributed by atoms with Crippen LogP contribution in [-0.2, 0) is 23.7 Å². The van der Waals surface area contributed by atoms with Crippen LogP contribution in [0.2, 0.25) is 0 Å². The lowest BCUT2D eigenvalue weighted by Crippen LogP contribution is -2.65. The van der Waals surface area contributed by atoms with Gasteiger partial charge < -0.3 is 65.1 Å². The number of allylic oxidation sites excluding steroid dienone is 5. The first-order valence-electron chi connectivity index (χ1n) is 39.2. The molecule has 2 rings (SSSR count). The van der Waals surface area contributed by atoms with E-state index in [9.17, 15) is 45.6 Å². The van der Waals surface area contributed by atoms with Crippen molar-refractivity contribution in [3.8, 4) is 0 Å². The number of rotatable bonds is 66. The number of aliphatic hydroxyl groups is 8. The number of hydrogen-bond acceptors (Lipinski definition) is 13. The van der Waals surface area contributed by atoms with Crippen molar-refractivity contribution < 1.29 is 64.6 Å². The molecule has 14 nitrogen and oxygen atoms in total. The van der Waals surface area contributed by atoms with Gasteiger partial charge in [0, 0.05) is 6.42 Å². The molecular weight excluding hydrogens is 1160 g/mol. The zero-order valence-corrected chi connectivity index (χ0v) is 59.3. The molecule has 542 valence electrons. The van der Waals surface area contributed by atoms with Crippen molar-refractivity contribution in [2.45, 2.75) is 434 Å². The minimum atomic E-state index is -1.79. The minimum absolute atomic E-state index is 0.243. The van der Waals surface area contributed by atoms with Crippen LogP contribution >= 0.6 is 0 Å². The van der Waals surface area contributed by atoms with Gasteiger partial charge >= 0.3 is 0 Å². The van der Waals surface area contributed by atoms with E-state index in [1.807, 2.05) is 6.08 Å². The number of carbonyl (C=O) groups excluding carboxylic acids is 1. The predicted molar refractivity (Wildman–Crippen MR) is 378 cm³/mol. The smallest absolute Gasteiger partial charge is 0.220 e. The van der Waals surface area contributed by atoms with Crippen molar-refractivity contribution in [1.82, 2.24) is 5.32 Å². The highest BCUT2D eigenvalue weighted by Gasteiger charge is 2.51. The number of amides is 1. The molecule has 14 heteroatoms. The maximum Gasteiger partial charge on any atom is 0.220 e. The maximum absolute atomic E-state index is 13.4. The van der Waals surface area contributed by atoms with Crippen LogP contribution in [0, 0.1) is 0 Å². The second kappa shape index (κ2) is 62.7. The molecular formula is C78H147NO13. The summed E-state index contributed by atoms with van der Waals surface area (Å²) < 4.78 is 22.9. The van der Waals surface area contributed by atoms with Crippen LogP contribution in [0.3, 0.4) is 0 Å². The summed E-state index contributed by atoms with van der Waals surface area (Å²) in [5.74, 6) is -0.243. The molecule has 0 spiro atoms. The van der Waals surface area contributed by atoms with Gasteiger partial charge in [-0.3, -0.25) is 4.79 Å². The predicted octanol–water partition coefficient (Wildman–Crippen LogP) is 17.2. The van der Waals surface area contributed by atoms with Crippen LogP contribution in [0.25, 0.3) is 0 Å². The molecule has 2 heterocycles. The second-order valence-electron chi connectivity index (χ2n) is 27.8. The minimum Gasteiger partial charge on any atom is -0.394 e.